The van der Waals surface area contributed by atoms with Crippen LogP contribution in [0, 0.1) is 10.1 Å². The monoisotopic (exact) mass is 358 g/mol. The topological polar surface area (TPSA) is 55.2 Å². The zero-order chi connectivity index (χ0) is 14.5. The molecule has 0 radical (unpaired) electrons. The maximum absolute atomic E-state index is 11.1. The summed E-state index contributed by atoms with van der Waals surface area (Å²) >= 11 is 5.18. The molecule has 20 heavy (non-hydrogen) atoms. The summed E-state index contributed by atoms with van der Waals surface area (Å²) in [5.74, 6) is 0. The number of nitro benzene ring substituents is 1. The highest BCUT2D eigenvalue weighted by Crippen LogP contribution is 2.28. The van der Waals surface area contributed by atoms with Crippen LogP contribution < -0.4 is 5.32 Å². The zero-order valence-electron chi connectivity index (χ0n) is 11.5. The molecule has 0 amide bonds. The van der Waals surface area contributed by atoms with E-state index in [1.807, 2.05) is 23.9 Å². The molecule has 0 aliphatic heterocycles. The molecule has 4 nitrogen and oxygen atoms in total. The third-order valence-electron chi connectivity index (χ3n) is 3.80. The third kappa shape index (κ3) is 3.96. The third-order valence-corrected chi connectivity index (χ3v) is 5.47. The van der Waals surface area contributed by atoms with Crippen LogP contribution in [0.2, 0.25) is 0 Å². The number of benzene rings is 1. The first kappa shape index (κ1) is 15.8. The van der Waals surface area contributed by atoms with Crippen molar-refractivity contribution >= 4 is 33.4 Å². The fraction of sp³-hybridized carbons (Fsp3) is 0.571. The number of hydrogen-bond acceptors (Lipinski definition) is 4. The largest absolute Gasteiger partial charge is 0.309 e. The van der Waals surface area contributed by atoms with E-state index in [-0.39, 0.29) is 10.6 Å². The van der Waals surface area contributed by atoms with Crippen LogP contribution >= 0.6 is 27.7 Å². The number of hydrogen-bond donors (Lipinski definition) is 1. The van der Waals surface area contributed by atoms with Gasteiger partial charge in [-0.05, 0) is 31.2 Å². The molecule has 0 heterocycles. The van der Waals surface area contributed by atoms with Crippen molar-refractivity contribution in [3.05, 3.63) is 38.3 Å². The van der Waals surface area contributed by atoms with Crippen LogP contribution in [0.4, 0.5) is 5.69 Å². The Hall–Kier alpha value is -0.590. The molecule has 1 aliphatic carbocycles. The lowest BCUT2D eigenvalue weighted by Crippen LogP contribution is -2.40. The second-order valence-electron chi connectivity index (χ2n) is 5.08. The van der Waals surface area contributed by atoms with Gasteiger partial charge in [-0.3, -0.25) is 10.1 Å². The van der Waals surface area contributed by atoms with Gasteiger partial charge in [-0.15, -0.1) is 0 Å². The highest BCUT2D eigenvalue weighted by Gasteiger charge is 2.24. The number of nitrogens with one attached hydrogen (secondary N) is 1. The van der Waals surface area contributed by atoms with E-state index in [1.54, 1.807) is 6.07 Å². The van der Waals surface area contributed by atoms with E-state index in [0.717, 1.165) is 16.5 Å². The molecule has 0 spiro atoms. The van der Waals surface area contributed by atoms with Gasteiger partial charge in [0.25, 0.3) is 5.69 Å². The highest BCUT2D eigenvalue weighted by atomic mass is 79.9. The van der Waals surface area contributed by atoms with Crippen LogP contribution in [-0.4, -0.2) is 22.5 Å². The van der Waals surface area contributed by atoms with Crippen molar-refractivity contribution in [1.82, 2.24) is 5.32 Å². The number of nitrogens with zero attached hydrogens (tertiary/aromatic N) is 1. The Kier molecular flexibility index (Phi) is 5.86. The standard InChI is InChI=1S/C14H19BrN2O2S/c1-20-14-5-3-2-4-12(14)16-9-10-6-7-11(15)8-13(10)17(18)19/h6-8,12,14,16H,2-5,9H2,1H3. The molecule has 1 aromatic carbocycles. The van der Waals surface area contributed by atoms with Crippen molar-refractivity contribution in [3.63, 3.8) is 0 Å². The maximum atomic E-state index is 11.1. The average Bonchev–Trinajstić information content (AvgIpc) is 2.46. The van der Waals surface area contributed by atoms with Gasteiger partial charge in [-0.1, -0.05) is 28.8 Å². The molecule has 0 bridgehead atoms. The van der Waals surface area contributed by atoms with Crippen LogP contribution in [0.5, 0.6) is 0 Å². The van der Waals surface area contributed by atoms with Crippen molar-refractivity contribution in [1.29, 1.82) is 0 Å². The van der Waals surface area contributed by atoms with Gasteiger partial charge >= 0.3 is 0 Å². The van der Waals surface area contributed by atoms with Crippen LogP contribution in [-0.2, 0) is 6.54 Å². The molecule has 1 fully saturated rings. The van der Waals surface area contributed by atoms with Crippen molar-refractivity contribution < 1.29 is 4.92 Å². The molecule has 0 saturated heterocycles. The number of thioether (sulfide) groups is 1. The smallest absolute Gasteiger partial charge is 0.275 e. The molecule has 0 aromatic heterocycles. The van der Waals surface area contributed by atoms with E-state index in [1.165, 1.54) is 19.3 Å². The first-order valence-corrected chi connectivity index (χ1v) is 8.89. The molecule has 110 valence electrons. The molecular formula is C14H19BrN2O2S. The first-order chi connectivity index (χ1) is 9.61. The van der Waals surface area contributed by atoms with E-state index in [2.05, 4.69) is 27.5 Å². The Balaban J connectivity index is 2.04. The van der Waals surface area contributed by atoms with Crippen molar-refractivity contribution in [2.75, 3.05) is 6.26 Å². The summed E-state index contributed by atoms with van der Waals surface area (Å²) in [6, 6.07) is 5.72. The fourth-order valence-corrected chi connectivity index (χ4v) is 4.02. The predicted octanol–water partition coefficient (Wildman–Crippen LogP) is 4.12. The maximum Gasteiger partial charge on any atom is 0.275 e. The Labute approximate surface area is 132 Å². The van der Waals surface area contributed by atoms with Crippen LogP contribution in [0.25, 0.3) is 0 Å². The van der Waals surface area contributed by atoms with E-state index in [9.17, 15) is 10.1 Å². The Morgan fingerprint density at radius 1 is 1.45 bits per heavy atom. The van der Waals surface area contributed by atoms with Crippen LogP contribution in [0.1, 0.15) is 31.2 Å². The summed E-state index contributed by atoms with van der Waals surface area (Å²) in [6.07, 6.45) is 7.09. The summed E-state index contributed by atoms with van der Waals surface area (Å²) in [5, 5.41) is 15.2. The van der Waals surface area contributed by atoms with Crippen molar-refractivity contribution in [3.8, 4) is 0 Å². The average molecular weight is 359 g/mol. The van der Waals surface area contributed by atoms with E-state index >= 15 is 0 Å². The lowest BCUT2D eigenvalue weighted by Gasteiger charge is -2.31. The molecule has 1 aliphatic rings. The summed E-state index contributed by atoms with van der Waals surface area (Å²) in [6.45, 7) is 0.561. The van der Waals surface area contributed by atoms with Gasteiger partial charge < -0.3 is 5.32 Å². The van der Waals surface area contributed by atoms with Crippen molar-refractivity contribution in [2.24, 2.45) is 0 Å². The SMILES string of the molecule is CSC1CCCCC1NCc1ccc(Br)cc1[N+](=O)[O-]. The minimum Gasteiger partial charge on any atom is -0.309 e. The van der Waals surface area contributed by atoms with E-state index in [0.29, 0.717) is 17.8 Å². The molecule has 1 saturated carbocycles. The van der Waals surface area contributed by atoms with Gasteiger partial charge in [0.2, 0.25) is 0 Å². The normalized spacial score (nSPS) is 22.7. The minimum absolute atomic E-state index is 0.184. The summed E-state index contributed by atoms with van der Waals surface area (Å²) in [5.41, 5.74) is 0.937. The van der Waals surface area contributed by atoms with E-state index in [4.69, 9.17) is 0 Å². The predicted molar refractivity (Wildman–Crippen MR) is 87.2 cm³/mol. The molecule has 2 unspecified atom stereocenters. The Bertz CT molecular complexity index is 484. The minimum atomic E-state index is -0.311. The van der Waals surface area contributed by atoms with Gasteiger partial charge in [0.05, 0.1) is 4.92 Å². The number of nitro groups is 1. The molecule has 6 heteroatoms. The van der Waals surface area contributed by atoms with Gasteiger partial charge in [-0.25, -0.2) is 0 Å². The Morgan fingerprint density at radius 2 is 2.20 bits per heavy atom. The Morgan fingerprint density at radius 3 is 2.90 bits per heavy atom. The summed E-state index contributed by atoms with van der Waals surface area (Å²) in [4.78, 5) is 10.8. The summed E-state index contributed by atoms with van der Waals surface area (Å²) in [7, 11) is 0. The van der Waals surface area contributed by atoms with Gasteiger partial charge in [-0.2, -0.15) is 11.8 Å². The highest BCUT2D eigenvalue weighted by molar-refractivity contribution is 9.10. The van der Waals surface area contributed by atoms with Crippen LogP contribution in [0.15, 0.2) is 22.7 Å². The lowest BCUT2D eigenvalue weighted by atomic mass is 9.94. The van der Waals surface area contributed by atoms with Gasteiger partial charge in [0.1, 0.15) is 0 Å². The molecular weight excluding hydrogens is 340 g/mol. The molecule has 2 atom stereocenters. The first-order valence-electron chi connectivity index (χ1n) is 6.81. The summed E-state index contributed by atoms with van der Waals surface area (Å²) < 4.78 is 0.743. The quantitative estimate of drug-likeness (QED) is 0.635. The van der Waals surface area contributed by atoms with Gasteiger partial charge in [0.15, 0.2) is 0 Å². The molecule has 2 rings (SSSR count). The second-order valence-corrected chi connectivity index (χ2v) is 7.07. The number of halogens is 1. The molecule has 1 N–H and O–H groups in total. The second kappa shape index (κ2) is 7.43. The van der Waals surface area contributed by atoms with Gasteiger partial charge in [0, 0.05) is 33.9 Å². The van der Waals surface area contributed by atoms with E-state index < -0.39 is 0 Å². The number of rotatable bonds is 5. The van der Waals surface area contributed by atoms with Crippen molar-refractivity contribution in [2.45, 2.75) is 43.5 Å². The fourth-order valence-electron chi connectivity index (χ4n) is 2.71. The zero-order valence-corrected chi connectivity index (χ0v) is 13.9. The lowest BCUT2D eigenvalue weighted by molar-refractivity contribution is -0.385. The van der Waals surface area contributed by atoms with Crippen LogP contribution in [0.3, 0.4) is 0 Å². The molecule has 1 aromatic rings.